The van der Waals surface area contributed by atoms with Gasteiger partial charge in [0.1, 0.15) is 0 Å². The van der Waals surface area contributed by atoms with E-state index < -0.39 is 12.1 Å². The van der Waals surface area contributed by atoms with Crippen LogP contribution in [0.15, 0.2) is 0 Å². The molecule has 0 aromatic heterocycles. The second-order valence-corrected chi connectivity index (χ2v) is 3.94. The SMILES string of the molecule is FC(F)(F)[C@@H]1CC[C@@H](Br)C1. The van der Waals surface area contributed by atoms with Crippen molar-refractivity contribution < 1.29 is 13.2 Å². The number of rotatable bonds is 0. The lowest BCUT2D eigenvalue weighted by Crippen LogP contribution is -2.19. The Hall–Kier alpha value is 0.270. The average molecular weight is 217 g/mol. The van der Waals surface area contributed by atoms with Gasteiger partial charge in [0.15, 0.2) is 0 Å². The summed E-state index contributed by atoms with van der Waals surface area (Å²) in [7, 11) is 0. The van der Waals surface area contributed by atoms with Crippen LogP contribution in [0.25, 0.3) is 0 Å². The molecule has 1 aliphatic carbocycles. The molecule has 1 aliphatic rings. The summed E-state index contributed by atoms with van der Waals surface area (Å²) in [6, 6.07) is 0. The Morgan fingerprint density at radius 1 is 1.20 bits per heavy atom. The van der Waals surface area contributed by atoms with Crippen LogP contribution >= 0.6 is 15.9 Å². The Morgan fingerprint density at radius 2 is 1.80 bits per heavy atom. The number of hydrogen-bond acceptors (Lipinski definition) is 0. The Kier molecular flexibility index (Phi) is 2.28. The van der Waals surface area contributed by atoms with Gasteiger partial charge in [0, 0.05) is 4.83 Å². The van der Waals surface area contributed by atoms with Crippen LogP contribution in [0.2, 0.25) is 0 Å². The van der Waals surface area contributed by atoms with Crippen LogP contribution in [0.3, 0.4) is 0 Å². The molecule has 0 unspecified atom stereocenters. The minimum atomic E-state index is -3.97. The molecule has 0 bridgehead atoms. The van der Waals surface area contributed by atoms with Crippen molar-refractivity contribution in [1.82, 2.24) is 0 Å². The van der Waals surface area contributed by atoms with Crippen molar-refractivity contribution in [2.45, 2.75) is 30.3 Å². The van der Waals surface area contributed by atoms with Gasteiger partial charge < -0.3 is 0 Å². The molecule has 60 valence electrons. The molecule has 0 heterocycles. The summed E-state index contributed by atoms with van der Waals surface area (Å²) in [5.41, 5.74) is 0. The molecular weight excluding hydrogens is 209 g/mol. The summed E-state index contributed by atoms with van der Waals surface area (Å²) in [5.74, 6) is -1.06. The van der Waals surface area contributed by atoms with Crippen molar-refractivity contribution in [1.29, 1.82) is 0 Å². The normalized spacial score (nSPS) is 34.8. The van der Waals surface area contributed by atoms with Gasteiger partial charge in [-0.2, -0.15) is 13.2 Å². The average Bonchev–Trinajstić information content (AvgIpc) is 2.11. The Morgan fingerprint density at radius 3 is 2.00 bits per heavy atom. The van der Waals surface area contributed by atoms with Crippen LogP contribution in [0.4, 0.5) is 13.2 Å². The third kappa shape index (κ3) is 1.87. The molecule has 1 rings (SSSR count). The molecule has 2 atom stereocenters. The van der Waals surface area contributed by atoms with E-state index >= 15 is 0 Å². The summed E-state index contributed by atoms with van der Waals surface area (Å²) in [6.07, 6.45) is -2.77. The lowest BCUT2D eigenvalue weighted by Gasteiger charge is -2.12. The zero-order valence-electron chi connectivity index (χ0n) is 5.29. The highest BCUT2D eigenvalue weighted by Gasteiger charge is 2.43. The fourth-order valence-corrected chi connectivity index (χ4v) is 1.94. The van der Waals surface area contributed by atoms with Crippen LogP contribution in [0.5, 0.6) is 0 Å². The first-order chi connectivity index (χ1) is 4.50. The van der Waals surface area contributed by atoms with E-state index in [1.54, 1.807) is 0 Å². The van der Waals surface area contributed by atoms with Crippen LogP contribution in [0, 0.1) is 5.92 Å². The summed E-state index contributed by atoms with van der Waals surface area (Å²) >= 11 is 3.17. The highest BCUT2D eigenvalue weighted by atomic mass is 79.9. The van der Waals surface area contributed by atoms with E-state index in [9.17, 15) is 13.2 Å². The van der Waals surface area contributed by atoms with Gasteiger partial charge in [0.05, 0.1) is 5.92 Å². The number of hydrogen-bond donors (Lipinski definition) is 0. The van der Waals surface area contributed by atoms with Gasteiger partial charge in [0.2, 0.25) is 0 Å². The van der Waals surface area contributed by atoms with Crippen LogP contribution in [-0.2, 0) is 0 Å². The van der Waals surface area contributed by atoms with Gasteiger partial charge in [-0.1, -0.05) is 15.9 Å². The summed E-state index contributed by atoms with van der Waals surface area (Å²) in [5, 5.41) is 0. The lowest BCUT2D eigenvalue weighted by molar-refractivity contribution is -0.172. The molecule has 4 heteroatoms. The minimum Gasteiger partial charge on any atom is -0.171 e. The second-order valence-electron chi connectivity index (χ2n) is 2.65. The van der Waals surface area contributed by atoms with E-state index in [1.165, 1.54) is 0 Å². The highest BCUT2D eigenvalue weighted by molar-refractivity contribution is 9.09. The fourth-order valence-electron chi connectivity index (χ4n) is 1.22. The van der Waals surface area contributed by atoms with Crippen molar-refractivity contribution in [3.8, 4) is 0 Å². The lowest BCUT2D eigenvalue weighted by atomic mass is 10.1. The molecule has 0 N–H and O–H groups in total. The Balaban J connectivity index is 2.45. The first-order valence-electron chi connectivity index (χ1n) is 3.21. The van der Waals surface area contributed by atoms with Gasteiger partial charge in [-0.05, 0) is 19.3 Å². The monoisotopic (exact) mass is 216 g/mol. The van der Waals surface area contributed by atoms with E-state index in [0.717, 1.165) is 0 Å². The van der Waals surface area contributed by atoms with Gasteiger partial charge in [-0.25, -0.2) is 0 Å². The predicted molar refractivity (Wildman–Crippen MR) is 36.1 cm³/mol. The summed E-state index contributed by atoms with van der Waals surface area (Å²) < 4.78 is 35.7. The Labute approximate surface area is 65.9 Å². The van der Waals surface area contributed by atoms with Gasteiger partial charge in [0.25, 0.3) is 0 Å². The molecular formula is C6H8BrF3. The third-order valence-corrected chi connectivity index (χ3v) is 2.66. The first-order valence-corrected chi connectivity index (χ1v) is 4.12. The molecule has 0 aromatic rings. The molecule has 10 heavy (non-hydrogen) atoms. The van der Waals surface area contributed by atoms with E-state index in [-0.39, 0.29) is 11.2 Å². The Bertz CT molecular complexity index is 121. The topological polar surface area (TPSA) is 0 Å². The predicted octanol–water partition coefficient (Wildman–Crippen LogP) is 3.11. The van der Waals surface area contributed by atoms with E-state index in [2.05, 4.69) is 15.9 Å². The molecule has 0 amide bonds. The van der Waals surface area contributed by atoms with E-state index in [0.29, 0.717) is 12.8 Å². The molecule has 0 spiro atoms. The van der Waals surface area contributed by atoms with Crippen LogP contribution in [0.1, 0.15) is 19.3 Å². The zero-order valence-corrected chi connectivity index (χ0v) is 6.87. The fraction of sp³-hybridized carbons (Fsp3) is 1.00. The molecule has 0 aromatic carbocycles. The molecule has 1 saturated carbocycles. The van der Waals surface area contributed by atoms with Crippen LogP contribution < -0.4 is 0 Å². The van der Waals surface area contributed by atoms with Crippen molar-refractivity contribution in [3.63, 3.8) is 0 Å². The maximum absolute atomic E-state index is 11.9. The highest BCUT2D eigenvalue weighted by Crippen LogP contribution is 2.41. The standard InChI is InChI=1S/C6H8BrF3/c7-5-2-1-4(3-5)6(8,9)10/h4-5H,1-3H2/t4-,5-/m1/s1. The molecule has 0 saturated heterocycles. The van der Waals surface area contributed by atoms with Crippen LogP contribution in [-0.4, -0.2) is 11.0 Å². The van der Waals surface area contributed by atoms with Gasteiger partial charge in [-0.3, -0.25) is 0 Å². The minimum absolute atomic E-state index is 0.0825. The summed E-state index contributed by atoms with van der Waals surface area (Å²) in [4.78, 5) is 0.0825. The maximum Gasteiger partial charge on any atom is 0.391 e. The molecule has 0 radical (unpaired) electrons. The second kappa shape index (κ2) is 2.72. The molecule has 0 aliphatic heterocycles. The smallest absolute Gasteiger partial charge is 0.171 e. The zero-order chi connectivity index (χ0) is 7.78. The maximum atomic E-state index is 11.9. The molecule has 1 fully saturated rings. The third-order valence-electron chi connectivity index (χ3n) is 1.83. The largest absolute Gasteiger partial charge is 0.391 e. The number of halogens is 4. The number of alkyl halides is 4. The van der Waals surface area contributed by atoms with Crippen molar-refractivity contribution in [3.05, 3.63) is 0 Å². The van der Waals surface area contributed by atoms with Gasteiger partial charge in [-0.15, -0.1) is 0 Å². The van der Waals surface area contributed by atoms with E-state index in [4.69, 9.17) is 0 Å². The van der Waals surface area contributed by atoms with Crippen molar-refractivity contribution >= 4 is 15.9 Å². The van der Waals surface area contributed by atoms with Crippen molar-refractivity contribution in [2.24, 2.45) is 5.92 Å². The summed E-state index contributed by atoms with van der Waals surface area (Å²) in [6.45, 7) is 0. The van der Waals surface area contributed by atoms with Gasteiger partial charge >= 0.3 is 6.18 Å². The first kappa shape index (κ1) is 8.37. The van der Waals surface area contributed by atoms with E-state index in [1.807, 2.05) is 0 Å². The quantitative estimate of drug-likeness (QED) is 0.547. The van der Waals surface area contributed by atoms with Crippen molar-refractivity contribution in [2.75, 3.05) is 0 Å². The molecule has 0 nitrogen and oxygen atoms in total.